The van der Waals surface area contributed by atoms with Gasteiger partial charge in [0, 0.05) is 11.3 Å². The maximum Gasteiger partial charge on any atom is 0.416 e. The number of phenols is 1. The highest BCUT2D eigenvalue weighted by atomic mass is 19.4. The zero-order valence-corrected chi connectivity index (χ0v) is 11.0. The van der Waals surface area contributed by atoms with Crippen LogP contribution < -0.4 is 5.32 Å². The van der Waals surface area contributed by atoms with Crippen LogP contribution in [0.2, 0.25) is 0 Å². The van der Waals surface area contributed by atoms with Gasteiger partial charge in [-0.2, -0.15) is 13.2 Å². The summed E-state index contributed by atoms with van der Waals surface area (Å²) < 4.78 is 37.7. The van der Waals surface area contributed by atoms with Crippen LogP contribution in [0.4, 0.5) is 18.9 Å². The molecule has 0 heterocycles. The van der Waals surface area contributed by atoms with E-state index < -0.39 is 17.6 Å². The van der Waals surface area contributed by atoms with Crippen LogP contribution in [-0.2, 0) is 6.18 Å². The van der Waals surface area contributed by atoms with Gasteiger partial charge in [0.15, 0.2) is 0 Å². The SMILES string of the molecule is Cc1ccc(C(=O)Nc2cccc(C(F)(F)F)c2)cc1O. The quantitative estimate of drug-likeness (QED) is 0.880. The van der Waals surface area contributed by atoms with Crippen LogP contribution in [0.25, 0.3) is 0 Å². The number of aryl methyl sites for hydroxylation is 1. The number of carbonyl (C=O) groups excluding carboxylic acids is 1. The first-order valence-electron chi connectivity index (χ1n) is 6.05. The van der Waals surface area contributed by atoms with E-state index in [1.165, 1.54) is 24.3 Å². The lowest BCUT2D eigenvalue weighted by Crippen LogP contribution is -2.13. The van der Waals surface area contributed by atoms with Crippen molar-refractivity contribution < 1.29 is 23.1 Å². The highest BCUT2D eigenvalue weighted by molar-refractivity contribution is 6.04. The summed E-state index contributed by atoms with van der Waals surface area (Å²) in [4.78, 5) is 11.9. The first-order valence-corrected chi connectivity index (χ1v) is 6.05. The summed E-state index contributed by atoms with van der Waals surface area (Å²) in [7, 11) is 0. The summed E-state index contributed by atoms with van der Waals surface area (Å²) in [6.07, 6.45) is -4.47. The third-order valence-corrected chi connectivity index (χ3v) is 2.92. The molecule has 0 fully saturated rings. The third kappa shape index (κ3) is 3.53. The molecule has 2 aromatic rings. The van der Waals surface area contributed by atoms with Crippen molar-refractivity contribution >= 4 is 11.6 Å². The Morgan fingerprint density at radius 3 is 2.48 bits per heavy atom. The van der Waals surface area contributed by atoms with Crippen LogP contribution >= 0.6 is 0 Å². The fourth-order valence-corrected chi connectivity index (χ4v) is 1.73. The van der Waals surface area contributed by atoms with Crippen LogP contribution in [0.1, 0.15) is 21.5 Å². The molecule has 0 aliphatic heterocycles. The van der Waals surface area contributed by atoms with Crippen LogP contribution in [-0.4, -0.2) is 11.0 Å². The highest BCUT2D eigenvalue weighted by Gasteiger charge is 2.30. The second-order valence-corrected chi connectivity index (χ2v) is 4.53. The van der Waals surface area contributed by atoms with Crippen molar-refractivity contribution in [3.8, 4) is 5.75 Å². The van der Waals surface area contributed by atoms with Gasteiger partial charge in [0.1, 0.15) is 5.75 Å². The smallest absolute Gasteiger partial charge is 0.416 e. The van der Waals surface area contributed by atoms with E-state index in [4.69, 9.17) is 0 Å². The fourth-order valence-electron chi connectivity index (χ4n) is 1.73. The third-order valence-electron chi connectivity index (χ3n) is 2.92. The number of anilines is 1. The topological polar surface area (TPSA) is 49.3 Å². The van der Waals surface area contributed by atoms with Gasteiger partial charge in [-0.3, -0.25) is 4.79 Å². The van der Waals surface area contributed by atoms with Gasteiger partial charge in [-0.25, -0.2) is 0 Å². The van der Waals surface area contributed by atoms with Crippen LogP contribution in [0.15, 0.2) is 42.5 Å². The first kappa shape index (κ1) is 14.9. The molecule has 2 rings (SSSR count). The van der Waals surface area contributed by atoms with Gasteiger partial charge < -0.3 is 10.4 Å². The maximum absolute atomic E-state index is 12.6. The van der Waals surface area contributed by atoms with Gasteiger partial charge in [-0.05, 0) is 42.8 Å². The van der Waals surface area contributed by atoms with Crippen molar-refractivity contribution in [1.29, 1.82) is 0 Å². The maximum atomic E-state index is 12.6. The summed E-state index contributed by atoms with van der Waals surface area (Å²) in [6.45, 7) is 1.67. The predicted octanol–water partition coefficient (Wildman–Crippen LogP) is 3.97. The molecule has 1 amide bonds. The molecule has 2 N–H and O–H groups in total. The van der Waals surface area contributed by atoms with E-state index >= 15 is 0 Å². The number of carbonyl (C=O) groups is 1. The van der Waals surface area contributed by atoms with E-state index in [1.807, 2.05) is 0 Å². The largest absolute Gasteiger partial charge is 0.508 e. The Balaban J connectivity index is 2.21. The molecule has 21 heavy (non-hydrogen) atoms. The Morgan fingerprint density at radius 1 is 1.14 bits per heavy atom. The second kappa shape index (κ2) is 5.47. The average molecular weight is 295 g/mol. The fraction of sp³-hybridized carbons (Fsp3) is 0.133. The molecule has 110 valence electrons. The summed E-state index contributed by atoms with van der Waals surface area (Å²) in [6, 6.07) is 8.65. The van der Waals surface area contributed by atoms with Gasteiger partial charge in [-0.1, -0.05) is 12.1 Å². The number of phenolic OH excluding ortho intramolecular Hbond substituents is 1. The summed E-state index contributed by atoms with van der Waals surface area (Å²) in [5.74, 6) is -0.642. The molecule has 2 aromatic carbocycles. The Kier molecular flexibility index (Phi) is 3.88. The van der Waals surface area contributed by atoms with Crippen molar-refractivity contribution in [2.75, 3.05) is 5.32 Å². The minimum absolute atomic E-state index is 0.0369. The van der Waals surface area contributed by atoms with Crippen molar-refractivity contribution in [3.63, 3.8) is 0 Å². The molecule has 0 bridgehead atoms. The Bertz CT molecular complexity index is 681. The molecule has 0 aromatic heterocycles. The first-order chi connectivity index (χ1) is 9.77. The number of alkyl halides is 3. The molecular formula is C15H12F3NO2. The van der Waals surface area contributed by atoms with Gasteiger partial charge in [0.05, 0.1) is 5.56 Å². The summed E-state index contributed by atoms with van der Waals surface area (Å²) in [5, 5.41) is 11.9. The molecule has 0 atom stereocenters. The van der Waals surface area contributed by atoms with E-state index in [2.05, 4.69) is 5.32 Å². The van der Waals surface area contributed by atoms with Crippen LogP contribution in [0.5, 0.6) is 5.75 Å². The van der Waals surface area contributed by atoms with Gasteiger partial charge in [-0.15, -0.1) is 0 Å². The molecule has 0 aliphatic rings. The molecule has 0 saturated carbocycles. The van der Waals surface area contributed by atoms with Gasteiger partial charge in [0.2, 0.25) is 0 Å². The van der Waals surface area contributed by atoms with Gasteiger partial charge in [0.25, 0.3) is 5.91 Å². The van der Waals surface area contributed by atoms with Gasteiger partial charge >= 0.3 is 6.18 Å². The number of rotatable bonds is 2. The zero-order valence-electron chi connectivity index (χ0n) is 11.0. The molecule has 3 nitrogen and oxygen atoms in total. The molecule has 0 aliphatic carbocycles. The Hall–Kier alpha value is -2.50. The van der Waals surface area contributed by atoms with E-state index in [-0.39, 0.29) is 17.0 Å². The molecule has 0 unspecified atom stereocenters. The Labute approximate surface area is 119 Å². The second-order valence-electron chi connectivity index (χ2n) is 4.53. The number of hydrogen-bond donors (Lipinski definition) is 2. The number of amides is 1. The van der Waals surface area contributed by atoms with Crippen LogP contribution in [0, 0.1) is 6.92 Å². The molecule has 0 spiro atoms. The standard InChI is InChI=1S/C15H12F3NO2/c1-9-5-6-10(7-13(9)20)14(21)19-12-4-2-3-11(8-12)15(16,17)18/h2-8,20H,1H3,(H,19,21). The lowest BCUT2D eigenvalue weighted by molar-refractivity contribution is -0.137. The number of benzene rings is 2. The monoisotopic (exact) mass is 295 g/mol. The lowest BCUT2D eigenvalue weighted by Gasteiger charge is -2.10. The molecule has 6 heteroatoms. The lowest BCUT2D eigenvalue weighted by atomic mass is 10.1. The zero-order chi connectivity index (χ0) is 15.6. The summed E-state index contributed by atoms with van der Waals surface area (Å²) >= 11 is 0. The minimum Gasteiger partial charge on any atom is -0.508 e. The molecular weight excluding hydrogens is 283 g/mol. The van der Waals surface area contributed by atoms with Crippen molar-refractivity contribution in [3.05, 3.63) is 59.2 Å². The number of halogens is 3. The van der Waals surface area contributed by atoms with E-state index in [0.717, 1.165) is 12.1 Å². The van der Waals surface area contributed by atoms with Crippen molar-refractivity contribution in [1.82, 2.24) is 0 Å². The number of nitrogens with one attached hydrogen (secondary N) is 1. The normalized spacial score (nSPS) is 11.2. The summed E-state index contributed by atoms with van der Waals surface area (Å²) in [5.41, 5.74) is -0.0388. The average Bonchev–Trinajstić information content (AvgIpc) is 2.41. The van der Waals surface area contributed by atoms with Crippen molar-refractivity contribution in [2.45, 2.75) is 13.1 Å². The number of hydrogen-bond acceptors (Lipinski definition) is 2. The van der Waals surface area contributed by atoms with Crippen LogP contribution in [0.3, 0.4) is 0 Å². The Morgan fingerprint density at radius 2 is 1.86 bits per heavy atom. The predicted molar refractivity (Wildman–Crippen MR) is 72.2 cm³/mol. The minimum atomic E-state index is -4.47. The number of aromatic hydroxyl groups is 1. The van der Waals surface area contributed by atoms with Crippen molar-refractivity contribution in [2.24, 2.45) is 0 Å². The highest BCUT2D eigenvalue weighted by Crippen LogP contribution is 2.30. The van der Waals surface area contributed by atoms with E-state index in [1.54, 1.807) is 13.0 Å². The molecule has 0 radical (unpaired) electrons. The molecule has 0 saturated heterocycles. The van der Waals surface area contributed by atoms with E-state index in [9.17, 15) is 23.1 Å². The van der Waals surface area contributed by atoms with E-state index in [0.29, 0.717) is 5.56 Å².